The zero-order valence-corrected chi connectivity index (χ0v) is 11.3. The Morgan fingerprint density at radius 2 is 2.11 bits per heavy atom. The van der Waals surface area contributed by atoms with Crippen molar-refractivity contribution in [3.63, 3.8) is 0 Å². The van der Waals surface area contributed by atoms with Crippen LogP contribution in [-0.4, -0.2) is 23.9 Å². The number of rotatable bonds is 6. The normalized spacial score (nSPS) is 23.0. The van der Waals surface area contributed by atoms with Gasteiger partial charge in [-0.25, -0.2) is 0 Å². The second kappa shape index (κ2) is 7.31. The van der Waals surface area contributed by atoms with Gasteiger partial charge in [0.25, 0.3) is 0 Å². The minimum absolute atomic E-state index is 0.124. The van der Waals surface area contributed by atoms with E-state index in [0.29, 0.717) is 12.6 Å². The second-order valence-corrected chi connectivity index (χ2v) is 5.14. The molecule has 104 valence electrons. The number of benzene rings is 1. The van der Waals surface area contributed by atoms with Crippen LogP contribution in [0.15, 0.2) is 36.9 Å². The minimum atomic E-state index is -0.124. The average molecular weight is 261 g/mol. The molecule has 1 aromatic carbocycles. The highest BCUT2D eigenvalue weighted by Crippen LogP contribution is 2.19. The van der Waals surface area contributed by atoms with Crippen molar-refractivity contribution in [2.24, 2.45) is 0 Å². The van der Waals surface area contributed by atoms with E-state index >= 15 is 0 Å². The van der Waals surface area contributed by atoms with Gasteiger partial charge >= 0.3 is 0 Å². The molecule has 2 atom stereocenters. The summed E-state index contributed by atoms with van der Waals surface area (Å²) < 4.78 is 5.45. The number of ether oxygens (including phenoxy) is 1. The van der Waals surface area contributed by atoms with Gasteiger partial charge < -0.3 is 15.2 Å². The molecule has 1 fully saturated rings. The van der Waals surface area contributed by atoms with Crippen LogP contribution in [0.25, 0.3) is 0 Å². The van der Waals surface area contributed by atoms with Crippen molar-refractivity contribution in [2.75, 3.05) is 6.61 Å². The molecule has 1 aliphatic rings. The van der Waals surface area contributed by atoms with Gasteiger partial charge in [-0.3, -0.25) is 0 Å². The lowest BCUT2D eigenvalue weighted by Gasteiger charge is -2.26. The molecule has 3 heteroatoms. The van der Waals surface area contributed by atoms with Gasteiger partial charge in [0.1, 0.15) is 12.4 Å². The van der Waals surface area contributed by atoms with Crippen molar-refractivity contribution in [3.05, 3.63) is 42.5 Å². The topological polar surface area (TPSA) is 41.5 Å². The Hall–Kier alpha value is -1.32. The van der Waals surface area contributed by atoms with E-state index in [1.54, 1.807) is 6.08 Å². The van der Waals surface area contributed by atoms with Crippen molar-refractivity contribution in [1.82, 2.24) is 5.32 Å². The monoisotopic (exact) mass is 261 g/mol. The smallest absolute Gasteiger partial charge is 0.119 e. The third kappa shape index (κ3) is 4.69. The van der Waals surface area contributed by atoms with E-state index in [1.807, 2.05) is 12.1 Å². The molecule has 0 amide bonds. The Morgan fingerprint density at radius 1 is 1.32 bits per heavy atom. The highest BCUT2D eigenvalue weighted by Gasteiger charge is 2.19. The first-order chi connectivity index (χ1) is 9.28. The fourth-order valence-electron chi connectivity index (χ4n) is 2.47. The summed E-state index contributed by atoms with van der Waals surface area (Å²) in [6, 6.07) is 8.56. The maximum absolute atomic E-state index is 9.63. The molecule has 0 heterocycles. The molecule has 2 unspecified atom stereocenters. The Bertz CT molecular complexity index is 388. The van der Waals surface area contributed by atoms with Crippen molar-refractivity contribution < 1.29 is 9.84 Å². The summed E-state index contributed by atoms with van der Waals surface area (Å²) in [5.74, 6) is 0.872. The highest BCUT2D eigenvalue weighted by atomic mass is 16.5. The highest BCUT2D eigenvalue weighted by molar-refractivity contribution is 5.27. The summed E-state index contributed by atoms with van der Waals surface area (Å²) in [4.78, 5) is 0. The van der Waals surface area contributed by atoms with E-state index in [9.17, 15) is 5.11 Å². The van der Waals surface area contributed by atoms with Crippen molar-refractivity contribution in [1.29, 1.82) is 0 Å². The van der Waals surface area contributed by atoms with E-state index in [4.69, 9.17) is 4.74 Å². The molecule has 19 heavy (non-hydrogen) atoms. The second-order valence-electron chi connectivity index (χ2n) is 5.14. The number of nitrogens with one attached hydrogen (secondary N) is 1. The third-order valence-electron chi connectivity index (χ3n) is 3.53. The van der Waals surface area contributed by atoms with Crippen molar-refractivity contribution >= 4 is 0 Å². The number of aliphatic hydroxyl groups is 1. The molecular formula is C16H23NO2. The van der Waals surface area contributed by atoms with Gasteiger partial charge in [0.2, 0.25) is 0 Å². The summed E-state index contributed by atoms with van der Waals surface area (Å²) in [5, 5.41) is 13.1. The van der Waals surface area contributed by atoms with Gasteiger partial charge in [0, 0.05) is 12.6 Å². The SMILES string of the molecule is C=CCOc1ccc(CNC2CCCC(O)C2)cc1. The maximum Gasteiger partial charge on any atom is 0.119 e. The van der Waals surface area contributed by atoms with E-state index in [-0.39, 0.29) is 6.10 Å². The van der Waals surface area contributed by atoms with Crippen LogP contribution in [0, 0.1) is 0 Å². The van der Waals surface area contributed by atoms with E-state index in [0.717, 1.165) is 38.0 Å². The summed E-state index contributed by atoms with van der Waals surface area (Å²) in [5.41, 5.74) is 1.24. The molecule has 2 N–H and O–H groups in total. The summed E-state index contributed by atoms with van der Waals surface area (Å²) in [6.45, 7) is 5.01. The largest absolute Gasteiger partial charge is 0.490 e. The lowest BCUT2D eigenvalue weighted by molar-refractivity contribution is 0.111. The van der Waals surface area contributed by atoms with Gasteiger partial charge in [-0.1, -0.05) is 24.8 Å². The summed E-state index contributed by atoms with van der Waals surface area (Å²) in [7, 11) is 0. The minimum Gasteiger partial charge on any atom is -0.490 e. The molecule has 1 aromatic rings. The molecule has 0 aliphatic heterocycles. The van der Waals surface area contributed by atoms with Crippen molar-refractivity contribution in [3.8, 4) is 5.75 Å². The van der Waals surface area contributed by atoms with Gasteiger partial charge in [0.05, 0.1) is 6.10 Å². The molecule has 0 bridgehead atoms. The standard InChI is InChI=1S/C16H23NO2/c1-2-10-19-16-8-6-13(7-9-16)12-17-14-4-3-5-15(18)11-14/h2,6-9,14-15,17-18H,1,3-5,10-12H2. The molecule has 0 spiro atoms. The maximum atomic E-state index is 9.63. The van der Waals surface area contributed by atoms with E-state index in [2.05, 4.69) is 24.0 Å². The fourth-order valence-corrected chi connectivity index (χ4v) is 2.47. The quantitative estimate of drug-likeness (QED) is 0.774. The van der Waals surface area contributed by atoms with Crippen LogP contribution >= 0.6 is 0 Å². The van der Waals surface area contributed by atoms with Crippen molar-refractivity contribution in [2.45, 2.75) is 44.4 Å². The van der Waals surface area contributed by atoms with Crippen LogP contribution in [-0.2, 0) is 6.54 Å². The predicted octanol–water partition coefficient (Wildman–Crippen LogP) is 2.64. The Morgan fingerprint density at radius 3 is 2.79 bits per heavy atom. The van der Waals surface area contributed by atoms with Gasteiger partial charge in [-0.15, -0.1) is 0 Å². The van der Waals surface area contributed by atoms with Crippen LogP contribution in [0.2, 0.25) is 0 Å². The van der Waals surface area contributed by atoms with Crippen LogP contribution in [0.3, 0.4) is 0 Å². The predicted molar refractivity (Wildman–Crippen MR) is 77.2 cm³/mol. The fraction of sp³-hybridized carbons (Fsp3) is 0.500. The van der Waals surface area contributed by atoms with Gasteiger partial charge in [-0.05, 0) is 43.4 Å². The van der Waals surface area contributed by atoms with Crippen LogP contribution < -0.4 is 10.1 Å². The summed E-state index contributed by atoms with van der Waals surface area (Å²) >= 11 is 0. The molecule has 0 aromatic heterocycles. The Labute approximate surface area is 115 Å². The molecule has 0 saturated heterocycles. The molecule has 1 aliphatic carbocycles. The van der Waals surface area contributed by atoms with Crippen LogP contribution in [0.5, 0.6) is 5.75 Å². The van der Waals surface area contributed by atoms with Crippen LogP contribution in [0.1, 0.15) is 31.2 Å². The zero-order valence-electron chi connectivity index (χ0n) is 11.3. The lowest BCUT2D eigenvalue weighted by Crippen LogP contribution is -2.35. The van der Waals surface area contributed by atoms with E-state index in [1.165, 1.54) is 5.56 Å². The first-order valence-electron chi connectivity index (χ1n) is 7.02. The average Bonchev–Trinajstić information content (AvgIpc) is 2.44. The zero-order chi connectivity index (χ0) is 13.5. The number of aliphatic hydroxyl groups excluding tert-OH is 1. The molecule has 0 radical (unpaired) electrons. The molecule has 3 nitrogen and oxygen atoms in total. The Kier molecular flexibility index (Phi) is 5.43. The van der Waals surface area contributed by atoms with Crippen LogP contribution in [0.4, 0.5) is 0 Å². The molecular weight excluding hydrogens is 238 g/mol. The first-order valence-corrected chi connectivity index (χ1v) is 7.02. The first kappa shape index (κ1) is 14.1. The number of hydrogen-bond acceptors (Lipinski definition) is 3. The van der Waals surface area contributed by atoms with Gasteiger partial charge in [-0.2, -0.15) is 0 Å². The van der Waals surface area contributed by atoms with E-state index < -0.39 is 0 Å². The summed E-state index contributed by atoms with van der Waals surface area (Å²) in [6.07, 6.45) is 5.73. The third-order valence-corrected chi connectivity index (χ3v) is 3.53. The molecule has 2 rings (SSSR count). The van der Waals surface area contributed by atoms with Gasteiger partial charge in [0.15, 0.2) is 0 Å². The number of hydrogen-bond donors (Lipinski definition) is 2. The molecule has 1 saturated carbocycles. The Balaban J connectivity index is 1.77. The lowest BCUT2D eigenvalue weighted by atomic mass is 9.93.